The van der Waals surface area contributed by atoms with E-state index < -0.39 is 12.1 Å². The van der Waals surface area contributed by atoms with Gasteiger partial charge < -0.3 is 5.32 Å². The smallest absolute Gasteiger partial charge is 0.316 e. The van der Waals surface area contributed by atoms with Crippen molar-refractivity contribution in [3.05, 3.63) is 35.1 Å². The van der Waals surface area contributed by atoms with E-state index in [0.717, 1.165) is 5.56 Å². The first-order valence-electron chi connectivity index (χ1n) is 7.11. The van der Waals surface area contributed by atoms with Crippen LogP contribution in [0.25, 0.3) is 0 Å². The van der Waals surface area contributed by atoms with Crippen molar-refractivity contribution >= 4 is 0 Å². The van der Waals surface area contributed by atoms with Crippen LogP contribution in [0.5, 0.6) is 0 Å². The molecular weight excluding hydrogens is 284 g/mol. The van der Waals surface area contributed by atoms with Crippen LogP contribution in [-0.4, -0.2) is 31.2 Å². The topological polar surface area (TPSA) is 15.3 Å². The Bertz CT molecular complexity index is 473. The van der Waals surface area contributed by atoms with Gasteiger partial charge in [-0.2, -0.15) is 13.2 Å². The van der Waals surface area contributed by atoms with E-state index in [1.54, 1.807) is 24.1 Å². The molecule has 118 valence electrons. The summed E-state index contributed by atoms with van der Waals surface area (Å²) in [4.78, 5) is 1.70. The van der Waals surface area contributed by atoms with E-state index >= 15 is 0 Å². The number of rotatable bonds is 4. The van der Waals surface area contributed by atoms with E-state index in [-0.39, 0.29) is 25.3 Å². The Balaban J connectivity index is 2.05. The zero-order valence-electron chi connectivity index (χ0n) is 12.0. The number of benzene rings is 1. The Morgan fingerprint density at radius 3 is 2.76 bits per heavy atom. The number of hydrogen-bond acceptors (Lipinski definition) is 2. The highest BCUT2D eigenvalue weighted by Gasteiger charge is 2.41. The van der Waals surface area contributed by atoms with Gasteiger partial charge in [0.05, 0.1) is 5.92 Å². The van der Waals surface area contributed by atoms with Crippen molar-refractivity contribution < 1.29 is 17.6 Å². The number of hydrogen-bond donors (Lipinski definition) is 1. The van der Waals surface area contributed by atoms with Crippen LogP contribution in [0.15, 0.2) is 18.2 Å². The van der Waals surface area contributed by atoms with Crippen LogP contribution in [0.4, 0.5) is 17.6 Å². The predicted molar refractivity (Wildman–Crippen MR) is 73.2 cm³/mol. The van der Waals surface area contributed by atoms with E-state index in [1.165, 1.54) is 6.07 Å². The van der Waals surface area contributed by atoms with Gasteiger partial charge in [0.2, 0.25) is 0 Å². The number of alkyl halides is 3. The number of likely N-dealkylation sites (tertiary alicyclic amines) is 1. The molecular formula is C15H20F4N2. The second kappa shape index (κ2) is 6.75. The SMILES string of the molecule is CNCc1ccc(F)c(CN2CCCC(C(F)(F)F)C2)c1. The summed E-state index contributed by atoms with van der Waals surface area (Å²) >= 11 is 0. The van der Waals surface area contributed by atoms with Crippen molar-refractivity contribution in [2.24, 2.45) is 5.92 Å². The number of halogens is 4. The van der Waals surface area contributed by atoms with Crippen molar-refractivity contribution in [2.75, 3.05) is 20.1 Å². The fourth-order valence-corrected chi connectivity index (χ4v) is 2.77. The molecule has 1 aromatic rings. The summed E-state index contributed by atoms with van der Waals surface area (Å²) in [5.74, 6) is -1.65. The lowest BCUT2D eigenvalue weighted by atomic mass is 9.97. The van der Waals surface area contributed by atoms with Crippen molar-refractivity contribution in [1.29, 1.82) is 0 Å². The van der Waals surface area contributed by atoms with Gasteiger partial charge in [0.25, 0.3) is 0 Å². The summed E-state index contributed by atoms with van der Waals surface area (Å²) in [6, 6.07) is 4.79. The van der Waals surface area contributed by atoms with Crippen molar-refractivity contribution in [1.82, 2.24) is 10.2 Å². The van der Waals surface area contributed by atoms with E-state index in [1.807, 2.05) is 0 Å². The van der Waals surface area contributed by atoms with E-state index in [4.69, 9.17) is 0 Å². The van der Waals surface area contributed by atoms with Crippen LogP contribution >= 0.6 is 0 Å². The highest BCUT2D eigenvalue weighted by atomic mass is 19.4. The van der Waals surface area contributed by atoms with Gasteiger partial charge in [0.1, 0.15) is 5.82 Å². The molecule has 0 saturated carbocycles. The molecule has 2 rings (SSSR count). The number of nitrogens with zero attached hydrogens (tertiary/aromatic N) is 1. The van der Waals surface area contributed by atoms with Crippen LogP contribution in [-0.2, 0) is 13.1 Å². The molecule has 0 spiro atoms. The fraction of sp³-hybridized carbons (Fsp3) is 0.600. The molecule has 1 aliphatic rings. The van der Waals surface area contributed by atoms with Crippen molar-refractivity contribution in [3.63, 3.8) is 0 Å². The average Bonchev–Trinajstić information content (AvgIpc) is 2.42. The average molecular weight is 304 g/mol. The molecule has 1 N–H and O–H groups in total. The van der Waals surface area contributed by atoms with Gasteiger partial charge in [-0.25, -0.2) is 4.39 Å². The van der Waals surface area contributed by atoms with Gasteiger partial charge in [-0.15, -0.1) is 0 Å². The van der Waals surface area contributed by atoms with Crippen LogP contribution < -0.4 is 5.32 Å². The Kier molecular flexibility index (Phi) is 5.22. The highest BCUT2D eigenvalue weighted by molar-refractivity contribution is 5.25. The van der Waals surface area contributed by atoms with Gasteiger partial charge in [-0.1, -0.05) is 12.1 Å². The normalized spacial score (nSPS) is 20.7. The van der Waals surface area contributed by atoms with Crippen LogP contribution in [0.2, 0.25) is 0 Å². The Morgan fingerprint density at radius 2 is 2.10 bits per heavy atom. The first-order valence-corrected chi connectivity index (χ1v) is 7.11. The third-order valence-electron chi connectivity index (χ3n) is 3.85. The zero-order valence-corrected chi connectivity index (χ0v) is 12.0. The maximum atomic E-state index is 13.8. The fourth-order valence-electron chi connectivity index (χ4n) is 2.77. The molecule has 0 aromatic heterocycles. The van der Waals surface area contributed by atoms with Gasteiger partial charge in [-0.05, 0) is 38.1 Å². The molecule has 1 heterocycles. The molecule has 0 aliphatic carbocycles. The predicted octanol–water partition coefficient (Wildman–Crippen LogP) is 3.32. The molecule has 1 fully saturated rings. The van der Waals surface area contributed by atoms with E-state index in [0.29, 0.717) is 25.1 Å². The maximum absolute atomic E-state index is 13.8. The van der Waals surface area contributed by atoms with Gasteiger partial charge in [0, 0.05) is 25.2 Å². The van der Waals surface area contributed by atoms with Gasteiger partial charge in [-0.3, -0.25) is 4.90 Å². The molecule has 1 aliphatic heterocycles. The summed E-state index contributed by atoms with van der Waals surface area (Å²) in [6.45, 7) is 1.38. The molecule has 2 nitrogen and oxygen atoms in total. The van der Waals surface area contributed by atoms with Crippen LogP contribution in [0.3, 0.4) is 0 Å². The minimum atomic E-state index is -4.16. The number of nitrogens with one attached hydrogen (secondary N) is 1. The lowest BCUT2D eigenvalue weighted by Gasteiger charge is -2.33. The van der Waals surface area contributed by atoms with Crippen LogP contribution in [0.1, 0.15) is 24.0 Å². The van der Waals surface area contributed by atoms with Gasteiger partial charge >= 0.3 is 6.18 Å². The Hall–Kier alpha value is -1.14. The summed E-state index contributed by atoms with van der Waals surface area (Å²) in [5.41, 5.74) is 1.39. The third kappa shape index (κ3) is 4.41. The van der Waals surface area contributed by atoms with Gasteiger partial charge in [0.15, 0.2) is 0 Å². The molecule has 21 heavy (non-hydrogen) atoms. The summed E-state index contributed by atoms with van der Waals surface area (Å²) in [5, 5.41) is 2.98. The molecule has 1 atom stereocenters. The maximum Gasteiger partial charge on any atom is 0.393 e. The lowest BCUT2D eigenvalue weighted by Crippen LogP contribution is -2.41. The first-order chi connectivity index (χ1) is 9.90. The molecule has 1 unspecified atom stereocenters. The molecule has 1 saturated heterocycles. The minimum Gasteiger partial charge on any atom is -0.316 e. The monoisotopic (exact) mass is 304 g/mol. The highest BCUT2D eigenvalue weighted by Crippen LogP contribution is 2.33. The summed E-state index contributed by atoms with van der Waals surface area (Å²) in [7, 11) is 1.79. The summed E-state index contributed by atoms with van der Waals surface area (Å²) < 4.78 is 52.2. The molecule has 0 radical (unpaired) electrons. The number of piperidine rings is 1. The second-order valence-electron chi connectivity index (χ2n) is 5.57. The Morgan fingerprint density at radius 1 is 1.33 bits per heavy atom. The quantitative estimate of drug-likeness (QED) is 0.859. The molecule has 6 heteroatoms. The first kappa shape index (κ1) is 16.2. The minimum absolute atomic E-state index is 0.0425. The standard InChI is InChI=1S/C15H20F4N2/c1-20-8-11-4-5-14(16)12(7-11)9-21-6-2-3-13(10-21)15(17,18)19/h4-5,7,13,20H,2-3,6,8-10H2,1H3. The van der Waals surface area contributed by atoms with E-state index in [2.05, 4.69) is 5.32 Å². The van der Waals surface area contributed by atoms with Crippen LogP contribution in [0, 0.1) is 11.7 Å². The van der Waals surface area contributed by atoms with Crippen molar-refractivity contribution in [2.45, 2.75) is 32.1 Å². The Labute approximate surface area is 122 Å². The lowest BCUT2D eigenvalue weighted by molar-refractivity contribution is -0.187. The zero-order chi connectivity index (χ0) is 15.5. The molecule has 0 amide bonds. The van der Waals surface area contributed by atoms with E-state index in [9.17, 15) is 17.6 Å². The molecule has 0 bridgehead atoms. The van der Waals surface area contributed by atoms with Crippen molar-refractivity contribution in [3.8, 4) is 0 Å². The third-order valence-corrected chi connectivity index (χ3v) is 3.85. The summed E-state index contributed by atoms with van der Waals surface area (Å²) in [6.07, 6.45) is -3.49. The largest absolute Gasteiger partial charge is 0.393 e. The second-order valence-corrected chi connectivity index (χ2v) is 5.57. The molecule has 1 aromatic carbocycles.